The molecule has 2 atom stereocenters. The van der Waals surface area contributed by atoms with E-state index < -0.39 is 24.3 Å². The van der Waals surface area contributed by atoms with E-state index >= 15 is 0 Å². The third kappa shape index (κ3) is 3.51. The van der Waals surface area contributed by atoms with Gasteiger partial charge in [0, 0.05) is 12.6 Å². The largest absolute Gasteiger partial charge is 0.408 e. The number of rotatable bonds is 3. The molecule has 0 spiro atoms. The quantitative estimate of drug-likeness (QED) is 0.820. The second kappa shape index (κ2) is 6.26. The van der Waals surface area contributed by atoms with Gasteiger partial charge >= 0.3 is 12.2 Å². The molecule has 1 aliphatic rings. The number of piperidine rings is 1. The first-order valence-electron chi connectivity index (χ1n) is 6.24. The van der Waals surface area contributed by atoms with Crippen molar-refractivity contribution in [2.24, 2.45) is 5.73 Å². The number of amides is 2. The van der Waals surface area contributed by atoms with E-state index in [4.69, 9.17) is 5.73 Å². The first kappa shape index (κ1) is 15.1. The molecule has 1 heterocycles. The summed E-state index contributed by atoms with van der Waals surface area (Å²) < 4.78 is 38.9. The van der Waals surface area contributed by atoms with Crippen molar-refractivity contribution in [3.63, 3.8) is 0 Å². The Hall–Kier alpha value is -0.980. The van der Waals surface area contributed by atoms with Crippen LogP contribution >= 0.6 is 0 Å². The Morgan fingerprint density at radius 3 is 2.61 bits per heavy atom. The molecule has 3 N–H and O–H groups in total. The third-order valence-electron chi connectivity index (χ3n) is 3.18. The fourth-order valence-corrected chi connectivity index (χ4v) is 2.43. The summed E-state index contributed by atoms with van der Waals surface area (Å²) in [7, 11) is 0. The van der Waals surface area contributed by atoms with Crippen molar-refractivity contribution in [2.75, 3.05) is 13.1 Å². The molecule has 106 valence electrons. The molecule has 4 nitrogen and oxygen atoms in total. The summed E-state index contributed by atoms with van der Waals surface area (Å²) in [5, 5.41) is 2.45. The van der Waals surface area contributed by atoms with Crippen LogP contribution in [0.3, 0.4) is 0 Å². The molecule has 7 heteroatoms. The molecule has 18 heavy (non-hydrogen) atoms. The average Bonchev–Trinajstić information content (AvgIpc) is 2.28. The van der Waals surface area contributed by atoms with Gasteiger partial charge in [0.25, 0.3) is 0 Å². The molecule has 1 aliphatic heterocycles. The maximum absolute atomic E-state index is 13.0. The topological polar surface area (TPSA) is 58.4 Å². The van der Waals surface area contributed by atoms with Gasteiger partial charge in [0.15, 0.2) is 0 Å². The number of nitrogens with two attached hydrogens (primary N) is 1. The summed E-state index contributed by atoms with van der Waals surface area (Å²) in [6.45, 7) is 2.28. The fourth-order valence-electron chi connectivity index (χ4n) is 2.43. The van der Waals surface area contributed by atoms with Crippen molar-refractivity contribution in [3.8, 4) is 0 Å². The van der Waals surface area contributed by atoms with Crippen molar-refractivity contribution < 1.29 is 18.0 Å². The van der Waals surface area contributed by atoms with Gasteiger partial charge in [-0.25, -0.2) is 4.79 Å². The van der Waals surface area contributed by atoms with Gasteiger partial charge in [-0.15, -0.1) is 0 Å². The van der Waals surface area contributed by atoms with Crippen LogP contribution in [0.2, 0.25) is 0 Å². The van der Waals surface area contributed by atoms with Gasteiger partial charge in [-0.3, -0.25) is 0 Å². The number of carbonyl (C=O) groups excluding carboxylic acids is 1. The SMILES string of the molecule is CCNC(=O)N1C(CCN)CCCC1C(F)(F)F. The van der Waals surface area contributed by atoms with Crippen molar-refractivity contribution in [3.05, 3.63) is 0 Å². The smallest absolute Gasteiger partial charge is 0.338 e. The predicted octanol–water partition coefficient (Wildman–Crippen LogP) is 1.85. The maximum atomic E-state index is 13.0. The molecule has 0 saturated carbocycles. The lowest BCUT2D eigenvalue weighted by molar-refractivity contribution is -0.189. The highest BCUT2D eigenvalue weighted by molar-refractivity contribution is 5.75. The predicted molar refractivity (Wildman–Crippen MR) is 62.1 cm³/mol. The normalized spacial score (nSPS) is 25.1. The van der Waals surface area contributed by atoms with Crippen LogP contribution in [0, 0.1) is 0 Å². The highest BCUT2D eigenvalue weighted by atomic mass is 19.4. The summed E-state index contributed by atoms with van der Waals surface area (Å²) >= 11 is 0. The second-order valence-corrected chi connectivity index (χ2v) is 4.46. The lowest BCUT2D eigenvalue weighted by Gasteiger charge is -2.42. The molecular formula is C11H20F3N3O. The minimum Gasteiger partial charge on any atom is -0.338 e. The Balaban J connectivity index is 2.90. The zero-order valence-corrected chi connectivity index (χ0v) is 10.5. The number of nitrogens with zero attached hydrogens (tertiary/aromatic N) is 1. The fraction of sp³-hybridized carbons (Fsp3) is 0.909. The van der Waals surface area contributed by atoms with Crippen LogP contribution in [0.5, 0.6) is 0 Å². The van der Waals surface area contributed by atoms with Crippen LogP contribution in [0.15, 0.2) is 0 Å². The standard InChI is InChI=1S/C11H20F3N3O/c1-2-16-10(18)17-8(6-7-15)4-3-5-9(17)11(12,13)14/h8-9H,2-7,15H2,1H3,(H,16,18). The van der Waals surface area contributed by atoms with Crippen LogP contribution in [0.4, 0.5) is 18.0 Å². The van der Waals surface area contributed by atoms with Crippen LogP contribution in [-0.2, 0) is 0 Å². The number of nitrogens with one attached hydrogen (secondary N) is 1. The van der Waals surface area contributed by atoms with E-state index in [-0.39, 0.29) is 13.0 Å². The number of urea groups is 1. The van der Waals surface area contributed by atoms with Crippen LogP contribution in [0.25, 0.3) is 0 Å². The number of halogens is 3. The molecule has 1 rings (SSSR count). The van der Waals surface area contributed by atoms with Crippen molar-refractivity contribution in [1.29, 1.82) is 0 Å². The molecule has 0 aliphatic carbocycles. The zero-order chi connectivity index (χ0) is 13.8. The lowest BCUT2D eigenvalue weighted by Crippen LogP contribution is -2.59. The van der Waals surface area contributed by atoms with E-state index in [2.05, 4.69) is 5.32 Å². The number of hydrogen-bond donors (Lipinski definition) is 2. The van der Waals surface area contributed by atoms with Crippen LogP contribution in [0.1, 0.15) is 32.6 Å². The van der Waals surface area contributed by atoms with E-state index in [9.17, 15) is 18.0 Å². The Morgan fingerprint density at radius 1 is 1.44 bits per heavy atom. The van der Waals surface area contributed by atoms with Gasteiger partial charge in [-0.1, -0.05) is 0 Å². The number of likely N-dealkylation sites (tertiary alicyclic amines) is 1. The number of hydrogen-bond acceptors (Lipinski definition) is 2. The third-order valence-corrected chi connectivity index (χ3v) is 3.18. The highest BCUT2D eigenvalue weighted by Crippen LogP contribution is 2.35. The summed E-state index contributed by atoms with van der Waals surface area (Å²) in [5.74, 6) is 0. The van der Waals surface area contributed by atoms with E-state index in [1.54, 1.807) is 6.92 Å². The van der Waals surface area contributed by atoms with Gasteiger partial charge in [-0.05, 0) is 39.2 Å². The van der Waals surface area contributed by atoms with Crippen molar-refractivity contribution in [1.82, 2.24) is 10.2 Å². The Morgan fingerprint density at radius 2 is 2.11 bits per heavy atom. The maximum Gasteiger partial charge on any atom is 0.408 e. The monoisotopic (exact) mass is 267 g/mol. The molecule has 0 aromatic heterocycles. The van der Waals surface area contributed by atoms with Gasteiger partial charge in [0.1, 0.15) is 6.04 Å². The highest BCUT2D eigenvalue weighted by Gasteiger charge is 2.49. The van der Waals surface area contributed by atoms with E-state index in [0.29, 0.717) is 25.8 Å². The van der Waals surface area contributed by atoms with Gasteiger partial charge < -0.3 is 16.0 Å². The van der Waals surface area contributed by atoms with Gasteiger partial charge in [-0.2, -0.15) is 13.2 Å². The minimum atomic E-state index is -4.38. The molecule has 0 aromatic rings. The zero-order valence-electron chi connectivity index (χ0n) is 10.5. The number of alkyl halides is 3. The average molecular weight is 267 g/mol. The summed E-state index contributed by atoms with van der Waals surface area (Å²) in [4.78, 5) is 12.8. The molecular weight excluding hydrogens is 247 g/mol. The lowest BCUT2D eigenvalue weighted by atomic mass is 9.93. The first-order chi connectivity index (χ1) is 8.41. The van der Waals surface area contributed by atoms with E-state index in [1.165, 1.54) is 0 Å². The molecule has 2 unspecified atom stereocenters. The first-order valence-corrected chi connectivity index (χ1v) is 6.24. The Bertz CT molecular complexity index is 281. The van der Waals surface area contributed by atoms with Crippen molar-refractivity contribution >= 4 is 6.03 Å². The van der Waals surface area contributed by atoms with Crippen LogP contribution in [-0.4, -0.2) is 42.3 Å². The Kier molecular flexibility index (Phi) is 5.25. The van der Waals surface area contributed by atoms with Gasteiger partial charge in [0.2, 0.25) is 0 Å². The van der Waals surface area contributed by atoms with E-state index in [0.717, 1.165) is 4.90 Å². The molecule has 1 fully saturated rings. The molecule has 0 bridgehead atoms. The summed E-state index contributed by atoms with van der Waals surface area (Å²) in [5.41, 5.74) is 5.41. The van der Waals surface area contributed by atoms with E-state index in [1.807, 2.05) is 0 Å². The molecule has 0 aromatic carbocycles. The van der Waals surface area contributed by atoms with Crippen LogP contribution < -0.4 is 11.1 Å². The Labute approximate surface area is 105 Å². The van der Waals surface area contributed by atoms with Gasteiger partial charge in [0.05, 0.1) is 0 Å². The second-order valence-electron chi connectivity index (χ2n) is 4.46. The number of carbonyl (C=O) groups is 1. The molecule has 2 amide bonds. The van der Waals surface area contributed by atoms with Crippen molar-refractivity contribution in [2.45, 2.75) is 50.9 Å². The summed E-state index contributed by atoms with van der Waals surface area (Å²) in [6, 6.07) is -2.74. The molecule has 1 saturated heterocycles. The minimum absolute atomic E-state index is 0.0261. The summed E-state index contributed by atoms with van der Waals surface area (Å²) in [6.07, 6.45) is -2.94. The molecule has 0 radical (unpaired) electrons.